The molecule has 37 heteroatoms. The Morgan fingerprint density at radius 3 is 1.64 bits per heavy atom. The largest absolute Gasteiger partial charge is 0.484 e. The van der Waals surface area contributed by atoms with Crippen LogP contribution in [0.15, 0.2) is 67.3 Å². The Kier molecular flexibility index (Phi) is 35.6. The number of hydrogen-bond acceptors (Lipinski definition) is 21. The van der Waals surface area contributed by atoms with E-state index in [1.165, 1.54) is 43.3 Å². The van der Waals surface area contributed by atoms with E-state index < -0.39 is 138 Å². The first kappa shape index (κ1) is 85.4. The number of thioether (sulfide) groups is 1. The smallest absolute Gasteiger partial charge is 0.317 e. The summed E-state index contributed by atoms with van der Waals surface area (Å²) in [4.78, 5) is 200. The molecule has 4 aromatic rings. The lowest BCUT2D eigenvalue weighted by Gasteiger charge is -2.32. The maximum absolute atomic E-state index is 14.4. The number of primary amides is 2. The highest BCUT2D eigenvalue weighted by atomic mass is 32.2. The van der Waals surface area contributed by atoms with Crippen molar-refractivity contribution in [2.24, 2.45) is 23.3 Å². The molecule has 0 aliphatic carbocycles. The van der Waals surface area contributed by atoms with Gasteiger partial charge in [0.25, 0.3) is 5.91 Å². The number of aromatic amines is 2. The number of aromatic nitrogens is 3. The molecule has 1 fully saturated rings. The number of ether oxygens (including phenoxy) is 1. The second-order valence-corrected chi connectivity index (χ2v) is 27.2. The zero-order valence-electron chi connectivity index (χ0n) is 59.9. The molecule has 2 unspecified atom stereocenters. The van der Waals surface area contributed by atoms with Crippen LogP contribution in [-0.4, -0.2) is 279 Å². The first-order valence-corrected chi connectivity index (χ1v) is 35.8. The molecule has 105 heavy (non-hydrogen) atoms. The Balaban J connectivity index is 1.20. The van der Waals surface area contributed by atoms with Gasteiger partial charge in [0.05, 0.1) is 39.1 Å². The molecule has 0 bridgehead atoms. The van der Waals surface area contributed by atoms with Crippen LogP contribution in [0.2, 0.25) is 0 Å². The number of carboxylic acid groups (broad SMARTS) is 3. The number of benzene rings is 2. The number of nitrogens with two attached hydrogens (primary N) is 2. The highest BCUT2D eigenvalue weighted by molar-refractivity contribution is 7.98. The van der Waals surface area contributed by atoms with E-state index in [9.17, 15) is 82.4 Å². The van der Waals surface area contributed by atoms with Crippen molar-refractivity contribution < 1.29 is 87.2 Å². The number of imidazole rings is 1. The van der Waals surface area contributed by atoms with E-state index in [1.54, 1.807) is 76.0 Å². The number of H-pyrrole nitrogens is 2. The third kappa shape index (κ3) is 31.3. The molecule has 0 radical (unpaired) electrons. The molecule has 5 rings (SSSR count). The van der Waals surface area contributed by atoms with Crippen molar-refractivity contribution in [1.82, 2.24) is 82.4 Å². The Morgan fingerprint density at radius 2 is 1.10 bits per heavy atom. The van der Waals surface area contributed by atoms with Gasteiger partial charge >= 0.3 is 17.9 Å². The number of amides is 11. The molecule has 7 atom stereocenters. The Bertz CT molecular complexity index is 3570. The average molecular weight is 1490 g/mol. The number of carbonyl (C=O) groups is 14. The molecular weight excluding hydrogens is 1390 g/mol. The van der Waals surface area contributed by atoms with Crippen LogP contribution < -0.4 is 64.1 Å². The van der Waals surface area contributed by atoms with E-state index in [1.807, 2.05) is 20.1 Å². The molecule has 2 aromatic carbocycles. The first-order valence-electron chi connectivity index (χ1n) is 34.4. The Hall–Kier alpha value is -10.2. The van der Waals surface area contributed by atoms with Crippen molar-refractivity contribution in [2.45, 2.75) is 122 Å². The zero-order chi connectivity index (χ0) is 77.3. The molecule has 1 aliphatic heterocycles. The average Bonchev–Trinajstić information content (AvgIpc) is 1.72. The van der Waals surface area contributed by atoms with Crippen LogP contribution in [0.4, 0.5) is 0 Å². The van der Waals surface area contributed by atoms with E-state index >= 15 is 0 Å². The molecule has 1 saturated heterocycles. The maximum Gasteiger partial charge on any atom is 0.317 e. The SMILES string of the molecule is CSCC[C@H](NC(=O)C(CC(C)C)NC(=O)[C@H](Cc1cnc[nH]1)NC(=O)CNC(=O)[C@@H](NC(=O)C(C)NC(=O)[C@H](Cc1c[nH]c2ccccc12)NC(=O)[C@H](CCC(N)=O)NC(=O)COc1ccc(CNC(=O)CN2CCN(CC(=O)O)CCN(CC(=O)O)CCN(CC(=O)O)CC2)cc1)C(C)C)C(N)=O. The molecule has 36 nitrogen and oxygen atoms in total. The minimum absolute atomic E-state index is 0.0586. The standard InChI is InChI=1S/C68H100N18O18S/c1-40(2)27-51(66(101)79-49(62(70)97)17-26-105-6)80-67(102)53(29-45-32-71-39-75-45)78-55(88)33-74-68(103)61(41(3)4)82-63(98)42(5)76-65(100)52(28-44-31-72-48-10-8-7-9-47(44)48)81-64(99)50(15-16-54(69)87)77-57(90)38-104-46-13-11-43(12-14-46)30-73-56(89)34-83-18-20-84(35-58(91)92)22-24-86(37-60(95)96)25-23-85(21-19-83)36-59(93)94/h7-14,31-32,39-42,49-53,61,72H,15-30,33-38H2,1-6H3,(H2,69,87)(H2,70,97)(H,71,75)(H,73,89)(H,74,103)(H,76,100)(H,77,90)(H,78,88)(H,79,101)(H,80,102)(H,81,99)(H,82,98)(H,91,92)(H,93,94)(H,95,96)/t42?,49-,50-,51?,52-,53-,61-/m0/s1. The molecule has 1 aliphatic rings. The van der Waals surface area contributed by atoms with Gasteiger partial charge in [-0.05, 0) is 79.4 Å². The van der Waals surface area contributed by atoms with Crippen LogP contribution in [0.5, 0.6) is 5.75 Å². The number of rotatable bonds is 42. The van der Waals surface area contributed by atoms with Gasteiger partial charge in [-0.15, -0.1) is 0 Å². The van der Waals surface area contributed by atoms with Crippen LogP contribution in [0.3, 0.4) is 0 Å². The van der Waals surface area contributed by atoms with Gasteiger partial charge in [-0.25, -0.2) is 4.98 Å². The van der Waals surface area contributed by atoms with Gasteiger partial charge in [0, 0.05) is 107 Å². The molecule has 18 N–H and O–H groups in total. The third-order valence-electron chi connectivity index (χ3n) is 16.9. The summed E-state index contributed by atoms with van der Waals surface area (Å²) < 4.78 is 5.74. The van der Waals surface area contributed by atoms with Gasteiger partial charge < -0.3 is 89.3 Å². The Morgan fingerprint density at radius 1 is 0.562 bits per heavy atom. The zero-order valence-corrected chi connectivity index (χ0v) is 60.7. The molecule has 11 amide bonds. The number of hydrogen-bond donors (Lipinski definition) is 16. The van der Waals surface area contributed by atoms with E-state index in [2.05, 4.69) is 62.8 Å². The van der Waals surface area contributed by atoms with E-state index in [-0.39, 0.29) is 141 Å². The summed E-state index contributed by atoms with van der Waals surface area (Å²) in [5.41, 5.74) is 13.4. The second kappa shape index (κ2) is 43.8. The van der Waals surface area contributed by atoms with Crippen LogP contribution in [0.1, 0.15) is 77.1 Å². The number of fused-ring (bicyclic) bond motifs is 1. The predicted molar refractivity (Wildman–Crippen MR) is 384 cm³/mol. The summed E-state index contributed by atoms with van der Waals surface area (Å²) in [6.07, 6.45) is 5.71. The monoisotopic (exact) mass is 1490 g/mol. The number of carboxylic acids is 3. The van der Waals surface area contributed by atoms with Crippen LogP contribution in [-0.2, 0) is 86.5 Å². The van der Waals surface area contributed by atoms with Gasteiger partial charge in [-0.2, -0.15) is 11.8 Å². The van der Waals surface area contributed by atoms with E-state index in [4.69, 9.17) is 16.2 Å². The lowest BCUT2D eigenvalue weighted by molar-refractivity contribution is -0.140. The second-order valence-electron chi connectivity index (χ2n) is 26.3. The quantitative estimate of drug-likeness (QED) is 0.0205. The number of aliphatic carboxylic acids is 3. The Labute approximate surface area is 611 Å². The summed E-state index contributed by atoms with van der Waals surface area (Å²) in [7, 11) is 0. The fourth-order valence-electron chi connectivity index (χ4n) is 11.2. The number of para-hydroxylation sites is 1. The van der Waals surface area contributed by atoms with Crippen molar-refractivity contribution in [3.63, 3.8) is 0 Å². The van der Waals surface area contributed by atoms with Gasteiger partial charge in [0.2, 0.25) is 59.1 Å². The minimum Gasteiger partial charge on any atom is -0.484 e. The lowest BCUT2D eigenvalue weighted by atomic mass is 10.0. The van der Waals surface area contributed by atoms with Gasteiger partial charge in [-0.3, -0.25) is 86.7 Å². The van der Waals surface area contributed by atoms with E-state index in [0.717, 1.165) is 0 Å². The third-order valence-corrected chi connectivity index (χ3v) is 17.5. The maximum atomic E-state index is 14.4. The normalized spacial score (nSPS) is 15.5. The van der Waals surface area contributed by atoms with Crippen molar-refractivity contribution in [2.75, 3.05) is 104 Å². The first-order chi connectivity index (χ1) is 49.9. The summed E-state index contributed by atoms with van der Waals surface area (Å²) >= 11 is 1.45. The van der Waals surface area contributed by atoms with Crippen molar-refractivity contribution in [3.05, 3.63) is 84.1 Å². The predicted octanol–water partition coefficient (Wildman–Crippen LogP) is -3.42. The highest BCUT2D eigenvalue weighted by Gasteiger charge is 2.34. The van der Waals surface area contributed by atoms with Gasteiger partial charge in [0.1, 0.15) is 48.0 Å². The van der Waals surface area contributed by atoms with Crippen LogP contribution in [0.25, 0.3) is 10.9 Å². The van der Waals surface area contributed by atoms with Gasteiger partial charge in [0.15, 0.2) is 6.61 Å². The van der Waals surface area contributed by atoms with Crippen LogP contribution in [0, 0.1) is 11.8 Å². The van der Waals surface area contributed by atoms with E-state index in [0.29, 0.717) is 33.5 Å². The molecule has 576 valence electrons. The lowest BCUT2D eigenvalue weighted by Crippen LogP contribution is -2.59. The number of nitrogens with one attached hydrogen (secondary N) is 11. The van der Waals surface area contributed by atoms with Crippen LogP contribution >= 0.6 is 11.8 Å². The molecule has 0 saturated carbocycles. The van der Waals surface area contributed by atoms with Crippen molar-refractivity contribution in [3.8, 4) is 5.75 Å². The molecular formula is C68H100N18O18S. The topological polar surface area (TPSA) is 527 Å². The van der Waals surface area contributed by atoms with Gasteiger partial charge in [-0.1, -0.05) is 58.0 Å². The van der Waals surface area contributed by atoms with Crippen molar-refractivity contribution in [1.29, 1.82) is 0 Å². The summed E-state index contributed by atoms with van der Waals surface area (Å²) in [6.45, 7) is 7.67. The molecule has 3 heterocycles. The minimum atomic E-state index is -1.46. The fourth-order valence-corrected chi connectivity index (χ4v) is 11.7. The fraction of sp³-hybridized carbons (Fsp3) is 0.544. The number of carbonyl (C=O) groups excluding carboxylic acids is 11. The highest BCUT2D eigenvalue weighted by Crippen LogP contribution is 2.20. The summed E-state index contributed by atoms with van der Waals surface area (Å²) in [5.74, 6) is -11.6. The van der Waals surface area contributed by atoms with Crippen molar-refractivity contribution >= 4 is 106 Å². The number of nitrogens with zero attached hydrogens (tertiary/aromatic N) is 5. The summed E-state index contributed by atoms with van der Waals surface area (Å²) in [6, 6.07) is 4.44. The molecule has 2 aromatic heterocycles. The summed E-state index contributed by atoms with van der Waals surface area (Å²) in [5, 5.41) is 53.0. The molecule has 0 spiro atoms.